The van der Waals surface area contributed by atoms with Crippen LogP contribution in [0.2, 0.25) is 0 Å². The van der Waals surface area contributed by atoms with Crippen LogP contribution < -0.4 is 9.47 Å². The number of amides is 1. The number of carbonyl (C=O) groups is 2. The van der Waals surface area contributed by atoms with Crippen LogP contribution in [0.25, 0.3) is 0 Å². The van der Waals surface area contributed by atoms with Gasteiger partial charge in [-0.2, -0.15) is 0 Å². The van der Waals surface area contributed by atoms with Gasteiger partial charge in [-0.15, -0.1) is 0 Å². The number of fused-ring (bicyclic) bond motifs is 1. The summed E-state index contributed by atoms with van der Waals surface area (Å²) in [6, 6.07) is 3.86. The van der Waals surface area contributed by atoms with Crippen LogP contribution in [0, 0.1) is 6.92 Å². The second-order valence-electron chi connectivity index (χ2n) is 4.26. The van der Waals surface area contributed by atoms with E-state index < -0.39 is 5.91 Å². The van der Waals surface area contributed by atoms with E-state index in [0.717, 1.165) is 22.6 Å². The molecule has 5 heteroatoms. The highest BCUT2D eigenvalue weighted by Gasteiger charge is 2.16. The smallest absolute Gasteiger partial charge is 0.286 e. The van der Waals surface area contributed by atoms with E-state index in [0.29, 0.717) is 19.3 Å². The largest absolute Gasteiger partial charge is 0.454 e. The van der Waals surface area contributed by atoms with Gasteiger partial charge in [0.15, 0.2) is 11.5 Å². The zero-order valence-corrected chi connectivity index (χ0v) is 10.4. The number of nitrogens with zero attached hydrogens (tertiary/aromatic N) is 1. The average molecular weight is 249 g/mol. The molecule has 96 valence electrons. The Morgan fingerprint density at radius 3 is 2.72 bits per heavy atom. The molecule has 0 aliphatic carbocycles. The Labute approximate surface area is 105 Å². The fourth-order valence-corrected chi connectivity index (χ4v) is 1.84. The Morgan fingerprint density at radius 2 is 2.06 bits per heavy atom. The number of likely N-dealkylation sites (N-methyl/N-ethyl adjacent to an activating group) is 1. The quantitative estimate of drug-likeness (QED) is 0.588. The first-order valence-corrected chi connectivity index (χ1v) is 5.71. The van der Waals surface area contributed by atoms with Crippen LogP contribution in [-0.2, 0) is 16.0 Å². The van der Waals surface area contributed by atoms with E-state index in [-0.39, 0.29) is 6.79 Å². The zero-order valence-electron chi connectivity index (χ0n) is 10.4. The molecule has 1 heterocycles. The van der Waals surface area contributed by atoms with Crippen molar-refractivity contribution >= 4 is 12.2 Å². The maximum Gasteiger partial charge on any atom is 0.286 e. The van der Waals surface area contributed by atoms with Crippen LogP contribution in [0.4, 0.5) is 0 Å². The number of aryl methyl sites for hydroxylation is 1. The van der Waals surface area contributed by atoms with Crippen LogP contribution in [0.3, 0.4) is 0 Å². The Morgan fingerprint density at radius 1 is 1.39 bits per heavy atom. The molecule has 0 saturated heterocycles. The summed E-state index contributed by atoms with van der Waals surface area (Å²) in [6.45, 7) is 2.73. The van der Waals surface area contributed by atoms with E-state index in [9.17, 15) is 9.59 Å². The van der Waals surface area contributed by atoms with E-state index in [1.807, 2.05) is 19.1 Å². The van der Waals surface area contributed by atoms with Crippen LogP contribution in [0.15, 0.2) is 12.1 Å². The molecular weight excluding hydrogens is 234 g/mol. The number of rotatable bonds is 4. The lowest BCUT2D eigenvalue weighted by atomic mass is 10.0. The van der Waals surface area contributed by atoms with Crippen molar-refractivity contribution in [3.8, 4) is 11.5 Å². The molecule has 0 saturated carbocycles. The average Bonchev–Trinajstić information content (AvgIpc) is 2.81. The summed E-state index contributed by atoms with van der Waals surface area (Å²) < 4.78 is 10.6. The Hall–Kier alpha value is -2.04. The molecule has 1 aromatic rings. The van der Waals surface area contributed by atoms with Gasteiger partial charge in [-0.25, -0.2) is 0 Å². The van der Waals surface area contributed by atoms with Crippen LogP contribution in [-0.4, -0.2) is 37.5 Å². The van der Waals surface area contributed by atoms with E-state index in [2.05, 4.69) is 0 Å². The molecule has 5 nitrogen and oxygen atoms in total. The van der Waals surface area contributed by atoms with Gasteiger partial charge in [0.05, 0.1) is 0 Å². The van der Waals surface area contributed by atoms with Gasteiger partial charge < -0.3 is 14.4 Å². The molecule has 0 radical (unpaired) electrons. The van der Waals surface area contributed by atoms with Crippen molar-refractivity contribution in [3.63, 3.8) is 0 Å². The van der Waals surface area contributed by atoms with E-state index >= 15 is 0 Å². The van der Waals surface area contributed by atoms with Crippen LogP contribution in [0.1, 0.15) is 11.1 Å². The molecule has 0 atom stereocenters. The summed E-state index contributed by atoms with van der Waals surface area (Å²) in [5.74, 6) is 0.988. The molecule has 18 heavy (non-hydrogen) atoms. The molecular formula is C13H15NO4. The minimum Gasteiger partial charge on any atom is -0.454 e. The Bertz CT molecular complexity index is 484. The third-order valence-corrected chi connectivity index (χ3v) is 3.02. The second-order valence-corrected chi connectivity index (χ2v) is 4.26. The maximum absolute atomic E-state index is 11.1. The van der Waals surface area contributed by atoms with Gasteiger partial charge >= 0.3 is 0 Å². The molecule has 0 bridgehead atoms. The lowest BCUT2D eigenvalue weighted by Crippen LogP contribution is -2.29. The van der Waals surface area contributed by atoms with Crippen molar-refractivity contribution in [1.82, 2.24) is 4.90 Å². The van der Waals surface area contributed by atoms with E-state index in [4.69, 9.17) is 9.47 Å². The summed E-state index contributed by atoms with van der Waals surface area (Å²) in [5, 5.41) is 0. The highest BCUT2D eigenvalue weighted by atomic mass is 16.7. The molecule has 1 aliphatic rings. The van der Waals surface area contributed by atoms with Gasteiger partial charge in [0.25, 0.3) is 5.91 Å². The van der Waals surface area contributed by atoms with Gasteiger partial charge in [0, 0.05) is 13.6 Å². The first-order valence-electron chi connectivity index (χ1n) is 5.71. The normalized spacial score (nSPS) is 12.3. The number of benzene rings is 1. The molecule has 0 aromatic heterocycles. The van der Waals surface area contributed by atoms with Crippen molar-refractivity contribution < 1.29 is 19.1 Å². The molecule has 0 N–H and O–H groups in total. The molecule has 0 fully saturated rings. The molecule has 0 spiro atoms. The highest BCUT2D eigenvalue weighted by molar-refractivity contribution is 6.23. The summed E-state index contributed by atoms with van der Waals surface area (Å²) in [4.78, 5) is 22.9. The third kappa shape index (κ3) is 2.45. The lowest BCUT2D eigenvalue weighted by Gasteiger charge is -2.15. The lowest BCUT2D eigenvalue weighted by molar-refractivity contribution is -0.137. The van der Waals surface area contributed by atoms with Crippen LogP contribution >= 0.6 is 0 Å². The van der Waals surface area contributed by atoms with Gasteiger partial charge in [0.1, 0.15) is 0 Å². The van der Waals surface area contributed by atoms with E-state index in [1.54, 1.807) is 7.05 Å². The first kappa shape index (κ1) is 12.4. The predicted molar refractivity (Wildman–Crippen MR) is 64.7 cm³/mol. The Balaban J connectivity index is 2.06. The van der Waals surface area contributed by atoms with Gasteiger partial charge in [-0.3, -0.25) is 9.59 Å². The minimum absolute atomic E-state index is 0.252. The van der Waals surface area contributed by atoms with Gasteiger partial charge in [-0.1, -0.05) is 0 Å². The van der Waals surface area contributed by atoms with Crippen molar-refractivity contribution in [1.29, 1.82) is 0 Å². The highest BCUT2D eigenvalue weighted by Crippen LogP contribution is 2.34. The number of hydrogen-bond donors (Lipinski definition) is 0. The topological polar surface area (TPSA) is 55.8 Å². The molecule has 1 amide bonds. The summed E-state index contributed by atoms with van der Waals surface area (Å²) in [6.07, 6.45) is 1.01. The van der Waals surface area contributed by atoms with Crippen molar-refractivity contribution in [2.24, 2.45) is 0 Å². The number of hydrogen-bond acceptors (Lipinski definition) is 4. The number of aldehydes is 1. The Kier molecular flexibility index (Phi) is 3.50. The monoisotopic (exact) mass is 249 g/mol. The second kappa shape index (κ2) is 5.08. The van der Waals surface area contributed by atoms with E-state index in [1.165, 1.54) is 4.90 Å². The zero-order chi connectivity index (χ0) is 13.1. The maximum atomic E-state index is 11.1. The summed E-state index contributed by atoms with van der Waals surface area (Å²) in [5.41, 5.74) is 2.18. The fourth-order valence-electron chi connectivity index (χ4n) is 1.84. The summed E-state index contributed by atoms with van der Waals surface area (Å²) >= 11 is 0. The number of ether oxygens (including phenoxy) is 2. The first-order chi connectivity index (χ1) is 8.61. The van der Waals surface area contributed by atoms with Gasteiger partial charge in [0.2, 0.25) is 13.1 Å². The standard InChI is InChI=1S/C13H15NO4/c1-9-5-11-12(18-8-17-11)6-10(9)3-4-14(2)13(16)7-15/h5-7H,3-4,8H2,1-2H3. The predicted octanol–water partition coefficient (Wildman–Crippen LogP) is 0.924. The van der Waals surface area contributed by atoms with Gasteiger partial charge in [-0.05, 0) is 36.6 Å². The number of carbonyl (C=O) groups excluding carboxylic acids is 2. The molecule has 0 unspecified atom stereocenters. The molecule has 1 aliphatic heterocycles. The van der Waals surface area contributed by atoms with Crippen molar-refractivity contribution in [2.45, 2.75) is 13.3 Å². The SMILES string of the molecule is Cc1cc2c(cc1CCN(C)C(=O)C=O)OCO2. The van der Waals surface area contributed by atoms with Crippen molar-refractivity contribution in [2.75, 3.05) is 20.4 Å². The summed E-state index contributed by atoms with van der Waals surface area (Å²) in [7, 11) is 1.61. The third-order valence-electron chi connectivity index (χ3n) is 3.02. The van der Waals surface area contributed by atoms with Crippen molar-refractivity contribution in [3.05, 3.63) is 23.3 Å². The molecule has 1 aromatic carbocycles. The van der Waals surface area contributed by atoms with Crippen LogP contribution in [0.5, 0.6) is 11.5 Å². The molecule has 2 rings (SSSR count). The fraction of sp³-hybridized carbons (Fsp3) is 0.385. The minimum atomic E-state index is -0.506.